The molecule has 0 radical (unpaired) electrons. The maximum atomic E-state index is 13.9. The Morgan fingerprint density at radius 1 is 1.09 bits per heavy atom. The predicted molar refractivity (Wildman–Crippen MR) is 147 cm³/mol. The van der Waals surface area contributed by atoms with Gasteiger partial charge < -0.3 is 20.1 Å². The minimum absolute atomic E-state index is 0.273. The number of carbonyl (C=O) groups excluding carboxylic acids is 1. The number of carbonyl (C=O) groups is 1. The summed E-state index contributed by atoms with van der Waals surface area (Å²) in [5.41, 5.74) is 4.51. The Balaban J connectivity index is 1.65. The molecule has 0 spiro atoms. The first-order chi connectivity index (χ1) is 16.9. The number of ether oxygens (including phenoxy) is 2. The summed E-state index contributed by atoms with van der Waals surface area (Å²) in [4.78, 5) is 18.7. The van der Waals surface area contributed by atoms with Gasteiger partial charge in [-0.1, -0.05) is 35.9 Å². The van der Waals surface area contributed by atoms with Crippen molar-refractivity contribution in [3.05, 3.63) is 86.1 Å². The summed E-state index contributed by atoms with van der Waals surface area (Å²) in [6.07, 6.45) is 0. The van der Waals surface area contributed by atoms with Crippen LogP contribution in [0.2, 0.25) is 5.02 Å². The molecule has 1 aromatic heterocycles. The van der Waals surface area contributed by atoms with Crippen molar-refractivity contribution in [1.29, 1.82) is 0 Å². The standard InChI is InChI=1S/C26H22ClIN4O3/c1-14-23(25(33)30-19-13-21(34-2)17(27)12-22(19)35-3)24(15-7-6-8-16(28)11-15)32-20-10-5-4-9-18(20)31-26(32)29-14/h4-13,24H,1-3H3,(H,29,31)(H,30,33)/t24-/m1/s1. The third-order valence-electron chi connectivity index (χ3n) is 5.96. The van der Waals surface area contributed by atoms with Crippen molar-refractivity contribution in [1.82, 2.24) is 9.55 Å². The average Bonchev–Trinajstić information content (AvgIpc) is 3.21. The second-order valence-electron chi connectivity index (χ2n) is 8.06. The lowest BCUT2D eigenvalue weighted by Crippen LogP contribution is -2.31. The first kappa shape index (κ1) is 23.5. The van der Waals surface area contributed by atoms with E-state index in [0.717, 1.165) is 20.2 Å². The number of benzene rings is 3. The summed E-state index contributed by atoms with van der Waals surface area (Å²) in [5, 5.41) is 6.74. The Morgan fingerprint density at radius 2 is 1.86 bits per heavy atom. The third-order valence-corrected chi connectivity index (χ3v) is 6.93. The van der Waals surface area contributed by atoms with E-state index in [4.69, 9.17) is 26.1 Å². The number of para-hydroxylation sites is 2. The summed E-state index contributed by atoms with van der Waals surface area (Å²) < 4.78 is 14.0. The van der Waals surface area contributed by atoms with E-state index in [1.165, 1.54) is 14.2 Å². The van der Waals surface area contributed by atoms with E-state index in [0.29, 0.717) is 39.4 Å². The monoisotopic (exact) mass is 600 g/mol. The summed E-state index contributed by atoms with van der Waals surface area (Å²) in [6, 6.07) is 18.9. The van der Waals surface area contributed by atoms with E-state index < -0.39 is 6.04 Å². The van der Waals surface area contributed by atoms with Gasteiger partial charge in [0.15, 0.2) is 0 Å². The molecule has 9 heteroatoms. The van der Waals surface area contributed by atoms with E-state index in [-0.39, 0.29) is 5.91 Å². The average molecular weight is 601 g/mol. The minimum Gasteiger partial charge on any atom is -0.495 e. The molecule has 0 fully saturated rings. The second-order valence-corrected chi connectivity index (χ2v) is 9.71. The number of halogens is 2. The molecule has 178 valence electrons. The van der Waals surface area contributed by atoms with Gasteiger partial charge in [0.1, 0.15) is 11.5 Å². The number of imidazole rings is 1. The summed E-state index contributed by atoms with van der Waals surface area (Å²) in [6.45, 7) is 1.89. The molecule has 7 nitrogen and oxygen atoms in total. The van der Waals surface area contributed by atoms with Crippen molar-refractivity contribution in [3.8, 4) is 11.5 Å². The van der Waals surface area contributed by atoms with Crippen LogP contribution in [0.4, 0.5) is 11.6 Å². The van der Waals surface area contributed by atoms with Crippen LogP contribution >= 0.6 is 34.2 Å². The highest BCUT2D eigenvalue weighted by atomic mass is 127. The highest BCUT2D eigenvalue weighted by molar-refractivity contribution is 14.1. The van der Waals surface area contributed by atoms with Crippen LogP contribution in [0.3, 0.4) is 0 Å². The molecule has 1 amide bonds. The van der Waals surface area contributed by atoms with Gasteiger partial charge in [-0.15, -0.1) is 0 Å². The predicted octanol–water partition coefficient (Wildman–Crippen LogP) is 6.24. The van der Waals surface area contributed by atoms with Gasteiger partial charge in [0.05, 0.1) is 47.6 Å². The number of fused-ring (bicyclic) bond motifs is 3. The number of allylic oxidation sites excluding steroid dienone is 1. The molecule has 0 saturated heterocycles. The van der Waals surface area contributed by atoms with E-state index in [1.807, 2.05) is 49.4 Å². The lowest BCUT2D eigenvalue weighted by atomic mass is 9.94. The molecule has 0 saturated carbocycles. The van der Waals surface area contributed by atoms with Gasteiger partial charge in [-0.25, -0.2) is 4.98 Å². The Labute approximate surface area is 221 Å². The molecule has 35 heavy (non-hydrogen) atoms. The van der Waals surface area contributed by atoms with Crippen LogP contribution in [-0.4, -0.2) is 29.7 Å². The maximum absolute atomic E-state index is 13.9. The molecule has 5 rings (SSSR count). The highest BCUT2D eigenvalue weighted by Gasteiger charge is 2.34. The van der Waals surface area contributed by atoms with Gasteiger partial charge >= 0.3 is 0 Å². The van der Waals surface area contributed by atoms with Crippen LogP contribution in [-0.2, 0) is 4.79 Å². The zero-order chi connectivity index (χ0) is 24.7. The van der Waals surface area contributed by atoms with Crippen molar-refractivity contribution in [2.75, 3.05) is 24.9 Å². The molecule has 2 N–H and O–H groups in total. The molecule has 1 atom stereocenters. The topological polar surface area (TPSA) is 77.4 Å². The van der Waals surface area contributed by atoms with Gasteiger partial charge in [-0.2, -0.15) is 0 Å². The first-order valence-electron chi connectivity index (χ1n) is 10.8. The maximum Gasteiger partial charge on any atom is 0.255 e. The molecule has 0 unspecified atom stereocenters. The van der Waals surface area contributed by atoms with E-state index in [2.05, 4.69) is 43.9 Å². The number of hydrogen-bond acceptors (Lipinski definition) is 5. The van der Waals surface area contributed by atoms with Crippen molar-refractivity contribution in [2.24, 2.45) is 0 Å². The Morgan fingerprint density at radius 3 is 2.60 bits per heavy atom. The molecule has 0 bridgehead atoms. The molecule has 3 aromatic carbocycles. The second kappa shape index (κ2) is 9.43. The summed E-state index contributed by atoms with van der Waals surface area (Å²) >= 11 is 8.54. The van der Waals surface area contributed by atoms with Gasteiger partial charge in [-0.3, -0.25) is 9.36 Å². The van der Waals surface area contributed by atoms with Gasteiger partial charge in [0, 0.05) is 21.4 Å². The smallest absolute Gasteiger partial charge is 0.255 e. The minimum atomic E-state index is -0.395. The normalized spacial score (nSPS) is 14.9. The van der Waals surface area contributed by atoms with Crippen LogP contribution in [0.15, 0.2) is 71.9 Å². The van der Waals surface area contributed by atoms with E-state index >= 15 is 0 Å². The molecule has 2 heterocycles. The number of hydrogen-bond donors (Lipinski definition) is 2. The largest absolute Gasteiger partial charge is 0.495 e. The molecule has 0 aliphatic carbocycles. The lowest BCUT2D eigenvalue weighted by molar-refractivity contribution is -0.113. The number of nitrogens with zero attached hydrogens (tertiary/aromatic N) is 2. The number of amides is 1. The van der Waals surface area contributed by atoms with Crippen molar-refractivity contribution >= 4 is 62.8 Å². The van der Waals surface area contributed by atoms with E-state index in [1.54, 1.807) is 12.1 Å². The highest BCUT2D eigenvalue weighted by Crippen LogP contribution is 2.41. The van der Waals surface area contributed by atoms with Crippen molar-refractivity contribution in [3.63, 3.8) is 0 Å². The van der Waals surface area contributed by atoms with E-state index in [9.17, 15) is 4.79 Å². The van der Waals surface area contributed by atoms with Crippen LogP contribution in [0.5, 0.6) is 11.5 Å². The molecule has 1 aliphatic heterocycles. The van der Waals surface area contributed by atoms with Crippen molar-refractivity contribution < 1.29 is 14.3 Å². The Hall–Kier alpha value is -3.24. The van der Waals surface area contributed by atoms with Gasteiger partial charge in [0.2, 0.25) is 5.95 Å². The van der Waals surface area contributed by atoms with Gasteiger partial charge in [-0.05, 0) is 59.3 Å². The van der Waals surface area contributed by atoms with Crippen LogP contribution in [0.1, 0.15) is 18.5 Å². The zero-order valence-electron chi connectivity index (χ0n) is 19.2. The number of rotatable bonds is 5. The van der Waals surface area contributed by atoms with Crippen LogP contribution in [0.25, 0.3) is 11.0 Å². The third kappa shape index (κ3) is 4.21. The molecule has 4 aromatic rings. The van der Waals surface area contributed by atoms with Crippen molar-refractivity contribution in [2.45, 2.75) is 13.0 Å². The number of aromatic nitrogens is 2. The SMILES string of the molecule is COc1cc(NC(=O)C2=C(C)Nc3nc4ccccc4n3[C@@H]2c2cccc(I)c2)c(OC)cc1Cl. The fourth-order valence-electron chi connectivity index (χ4n) is 4.40. The number of methoxy groups -OCH3 is 2. The number of nitrogens with one attached hydrogen (secondary N) is 2. The molecular formula is C26H22ClIN4O3. The fourth-order valence-corrected chi connectivity index (χ4v) is 5.20. The Kier molecular flexibility index (Phi) is 6.33. The van der Waals surface area contributed by atoms with Gasteiger partial charge in [0.25, 0.3) is 5.91 Å². The number of anilines is 2. The van der Waals surface area contributed by atoms with Crippen LogP contribution < -0.4 is 20.1 Å². The lowest BCUT2D eigenvalue weighted by Gasteiger charge is -2.31. The van der Waals surface area contributed by atoms with Crippen LogP contribution in [0, 0.1) is 3.57 Å². The summed E-state index contributed by atoms with van der Waals surface area (Å²) in [5.74, 6) is 1.29. The molecular weight excluding hydrogens is 579 g/mol. The summed E-state index contributed by atoms with van der Waals surface area (Å²) in [7, 11) is 3.05. The molecule has 1 aliphatic rings. The Bertz CT molecular complexity index is 1500. The first-order valence-corrected chi connectivity index (χ1v) is 12.3. The quantitative estimate of drug-likeness (QED) is 0.265. The fraction of sp³-hybridized carbons (Fsp3) is 0.154. The zero-order valence-corrected chi connectivity index (χ0v) is 22.1.